The van der Waals surface area contributed by atoms with Crippen LogP contribution in [0, 0.1) is 0 Å². The fourth-order valence-corrected chi connectivity index (χ4v) is 1.92. The lowest BCUT2D eigenvalue weighted by Gasteiger charge is -2.07. The Bertz CT molecular complexity index is 641. The first-order valence-corrected chi connectivity index (χ1v) is 6.24. The van der Waals surface area contributed by atoms with Gasteiger partial charge in [0, 0.05) is 11.3 Å². The second-order valence-electron chi connectivity index (χ2n) is 4.01. The number of nitrogens with one attached hydrogen (secondary N) is 1. The summed E-state index contributed by atoms with van der Waals surface area (Å²) in [5.74, 6) is -0.761. The van der Waals surface area contributed by atoms with Gasteiger partial charge >= 0.3 is 5.97 Å². The molecule has 4 nitrogen and oxygen atoms in total. The molecule has 0 fully saturated rings. The molecule has 1 amide bonds. The predicted octanol–water partition coefficient (Wildman–Crippen LogP) is 3.38. The summed E-state index contributed by atoms with van der Waals surface area (Å²) < 4.78 is 4.60. The first-order valence-electron chi connectivity index (χ1n) is 5.86. The Labute approximate surface area is 121 Å². The van der Waals surface area contributed by atoms with Crippen LogP contribution in [-0.2, 0) is 4.74 Å². The van der Waals surface area contributed by atoms with Gasteiger partial charge in [0.1, 0.15) is 0 Å². The van der Waals surface area contributed by atoms with Crippen LogP contribution in [0.5, 0.6) is 0 Å². The third-order valence-corrected chi connectivity index (χ3v) is 2.98. The third-order valence-electron chi connectivity index (χ3n) is 2.67. The Hall–Kier alpha value is -2.33. The Kier molecular flexibility index (Phi) is 4.38. The van der Waals surface area contributed by atoms with E-state index in [2.05, 4.69) is 10.1 Å². The van der Waals surface area contributed by atoms with Gasteiger partial charge in [0.05, 0.1) is 17.7 Å². The number of anilines is 1. The number of carbonyl (C=O) groups is 2. The van der Waals surface area contributed by atoms with Crippen molar-refractivity contribution in [1.29, 1.82) is 0 Å². The van der Waals surface area contributed by atoms with Gasteiger partial charge in [-0.2, -0.15) is 0 Å². The highest BCUT2D eigenvalue weighted by Crippen LogP contribution is 2.22. The fraction of sp³-hybridized carbons (Fsp3) is 0.0667. The average molecular weight is 290 g/mol. The van der Waals surface area contributed by atoms with Crippen molar-refractivity contribution in [1.82, 2.24) is 0 Å². The van der Waals surface area contributed by atoms with Gasteiger partial charge in [0.25, 0.3) is 5.91 Å². The maximum Gasteiger partial charge on any atom is 0.339 e. The number of amides is 1. The van der Waals surface area contributed by atoms with Gasteiger partial charge in [-0.25, -0.2) is 4.79 Å². The standard InChI is InChI=1S/C15H12ClNO3/c1-20-15(19)12-8-7-11(9-13(12)16)17-14(18)10-5-3-2-4-6-10/h2-9H,1H3,(H,17,18). The zero-order chi connectivity index (χ0) is 14.5. The molecule has 2 aromatic carbocycles. The molecule has 1 N–H and O–H groups in total. The summed E-state index contributed by atoms with van der Waals surface area (Å²) >= 11 is 5.98. The fourth-order valence-electron chi connectivity index (χ4n) is 1.66. The molecule has 0 unspecified atom stereocenters. The largest absolute Gasteiger partial charge is 0.465 e. The number of benzene rings is 2. The molecule has 0 spiro atoms. The van der Waals surface area contributed by atoms with Crippen LogP contribution in [0.1, 0.15) is 20.7 Å². The van der Waals surface area contributed by atoms with E-state index >= 15 is 0 Å². The van der Waals surface area contributed by atoms with Crippen LogP contribution in [0.2, 0.25) is 5.02 Å². The van der Waals surface area contributed by atoms with Gasteiger partial charge in [0.2, 0.25) is 0 Å². The van der Waals surface area contributed by atoms with E-state index in [1.54, 1.807) is 30.3 Å². The maximum absolute atomic E-state index is 12.0. The topological polar surface area (TPSA) is 55.4 Å². The predicted molar refractivity (Wildman–Crippen MR) is 77.2 cm³/mol. The van der Waals surface area contributed by atoms with E-state index < -0.39 is 5.97 Å². The zero-order valence-electron chi connectivity index (χ0n) is 10.7. The first-order chi connectivity index (χ1) is 9.61. The van der Waals surface area contributed by atoms with E-state index in [1.807, 2.05) is 6.07 Å². The number of esters is 1. The Morgan fingerprint density at radius 2 is 1.80 bits per heavy atom. The van der Waals surface area contributed by atoms with Crippen LogP contribution >= 0.6 is 11.6 Å². The van der Waals surface area contributed by atoms with Gasteiger partial charge in [-0.15, -0.1) is 0 Å². The molecule has 0 aromatic heterocycles. The molecular formula is C15H12ClNO3. The number of halogens is 1. The summed E-state index contributed by atoms with van der Waals surface area (Å²) in [6.45, 7) is 0. The molecule has 20 heavy (non-hydrogen) atoms. The molecule has 2 rings (SSSR count). The highest BCUT2D eigenvalue weighted by Gasteiger charge is 2.12. The second-order valence-corrected chi connectivity index (χ2v) is 4.41. The lowest BCUT2D eigenvalue weighted by molar-refractivity contribution is 0.0601. The smallest absolute Gasteiger partial charge is 0.339 e. The summed E-state index contributed by atoms with van der Waals surface area (Å²) in [5.41, 5.74) is 1.31. The van der Waals surface area contributed by atoms with Crippen LogP contribution in [0.3, 0.4) is 0 Å². The van der Waals surface area contributed by atoms with Gasteiger partial charge in [0.15, 0.2) is 0 Å². The third kappa shape index (κ3) is 3.16. The van der Waals surface area contributed by atoms with E-state index in [9.17, 15) is 9.59 Å². The van der Waals surface area contributed by atoms with Gasteiger partial charge in [-0.3, -0.25) is 4.79 Å². The van der Waals surface area contributed by atoms with Crippen molar-refractivity contribution < 1.29 is 14.3 Å². The molecule has 0 bridgehead atoms. The number of ether oxygens (including phenoxy) is 1. The lowest BCUT2D eigenvalue weighted by Crippen LogP contribution is -2.12. The summed E-state index contributed by atoms with van der Waals surface area (Å²) in [7, 11) is 1.28. The zero-order valence-corrected chi connectivity index (χ0v) is 11.5. The minimum Gasteiger partial charge on any atom is -0.465 e. The second kappa shape index (κ2) is 6.21. The molecule has 102 valence electrons. The number of hydrogen-bond donors (Lipinski definition) is 1. The number of carbonyl (C=O) groups excluding carboxylic acids is 2. The minimum absolute atomic E-state index is 0.225. The SMILES string of the molecule is COC(=O)c1ccc(NC(=O)c2ccccc2)cc1Cl. The van der Waals surface area contributed by atoms with Crippen molar-refractivity contribution in [3.8, 4) is 0 Å². The van der Waals surface area contributed by atoms with Crippen molar-refractivity contribution in [2.45, 2.75) is 0 Å². The molecule has 0 atom stereocenters. The first kappa shape index (κ1) is 14.1. The monoisotopic (exact) mass is 289 g/mol. The minimum atomic E-state index is -0.518. The van der Waals surface area contributed by atoms with Gasteiger partial charge in [-0.1, -0.05) is 29.8 Å². The number of rotatable bonds is 3. The van der Waals surface area contributed by atoms with Crippen molar-refractivity contribution in [3.05, 3.63) is 64.7 Å². The molecule has 0 radical (unpaired) electrons. The molecule has 0 saturated carbocycles. The highest BCUT2D eigenvalue weighted by molar-refractivity contribution is 6.34. The number of methoxy groups -OCH3 is 1. The quantitative estimate of drug-likeness (QED) is 0.881. The van der Waals surface area contributed by atoms with E-state index in [1.165, 1.54) is 19.2 Å². The average Bonchev–Trinajstić information content (AvgIpc) is 2.47. The van der Waals surface area contributed by atoms with Crippen LogP contribution in [0.25, 0.3) is 0 Å². The van der Waals surface area contributed by atoms with E-state index in [0.29, 0.717) is 11.3 Å². The van der Waals surface area contributed by atoms with Gasteiger partial charge < -0.3 is 10.1 Å². The summed E-state index contributed by atoms with van der Waals surface area (Å²) in [6.07, 6.45) is 0. The molecule has 0 heterocycles. The van der Waals surface area contributed by atoms with Crippen molar-refractivity contribution in [2.24, 2.45) is 0 Å². The molecule has 2 aromatic rings. The summed E-state index contributed by atoms with van der Waals surface area (Å²) in [6, 6.07) is 13.4. The maximum atomic E-state index is 12.0. The molecule has 0 saturated heterocycles. The van der Waals surface area contributed by atoms with Crippen LogP contribution in [-0.4, -0.2) is 19.0 Å². The van der Waals surface area contributed by atoms with Gasteiger partial charge in [-0.05, 0) is 30.3 Å². The lowest BCUT2D eigenvalue weighted by atomic mass is 10.2. The summed E-state index contributed by atoms with van der Waals surface area (Å²) in [5, 5.41) is 2.93. The summed E-state index contributed by atoms with van der Waals surface area (Å²) in [4.78, 5) is 23.3. The Morgan fingerprint density at radius 3 is 2.40 bits per heavy atom. The van der Waals surface area contributed by atoms with Crippen LogP contribution in [0.15, 0.2) is 48.5 Å². The van der Waals surface area contributed by atoms with E-state index in [4.69, 9.17) is 11.6 Å². The van der Waals surface area contributed by atoms with Crippen molar-refractivity contribution >= 4 is 29.2 Å². The Balaban J connectivity index is 2.17. The van der Waals surface area contributed by atoms with Crippen LogP contribution in [0.4, 0.5) is 5.69 Å². The van der Waals surface area contributed by atoms with Crippen LogP contribution < -0.4 is 5.32 Å². The van der Waals surface area contributed by atoms with E-state index in [-0.39, 0.29) is 16.5 Å². The van der Waals surface area contributed by atoms with Crippen molar-refractivity contribution in [2.75, 3.05) is 12.4 Å². The molecule has 0 aliphatic heterocycles. The van der Waals surface area contributed by atoms with Crippen molar-refractivity contribution in [3.63, 3.8) is 0 Å². The molecule has 5 heteroatoms. The molecular weight excluding hydrogens is 278 g/mol. The molecule has 0 aliphatic carbocycles. The normalized spacial score (nSPS) is 9.90. The van der Waals surface area contributed by atoms with E-state index in [0.717, 1.165) is 0 Å². The highest BCUT2D eigenvalue weighted by atomic mass is 35.5. The molecule has 0 aliphatic rings. The number of hydrogen-bond acceptors (Lipinski definition) is 3. The Morgan fingerprint density at radius 1 is 1.10 bits per heavy atom.